The number of rotatable bonds is 3. The number of benzene rings is 3. The van der Waals surface area contributed by atoms with E-state index < -0.39 is 5.97 Å². The molecule has 0 N–H and O–H groups in total. The van der Waals surface area contributed by atoms with E-state index in [2.05, 4.69) is 0 Å². The van der Waals surface area contributed by atoms with Crippen LogP contribution in [0, 0.1) is 6.92 Å². The molecule has 0 aliphatic carbocycles. The highest BCUT2D eigenvalue weighted by Crippen LogP contribution is 2.37. The zero-order chi connectivity index (χ0) is 20.5. The van der Waals surface area contributed by atoms with Crippen molar-refractivity contribution in [3.05, 3.63) is 98.7 Å². The molecule has 0 unspecified atom stereocenters. The molecule has 0 fully saturated rings. The predicted molar refractivity (Wildman–Crippen MR) is 112 cm³/mol. The summed E-state index contributed by atoms with van der Waals surface area (Å²) in [6, 6.07) is 16.6. The maximum atomic E-state index is 12.7. The Morgan fingerprint density at radius 3 is 2.24 bits per heavy atom. The van der Waals surface area contributed by atoms with Gasteiger partial charge in [0, 0.05) is 16.1 Å². The molecule has 0 amide bonds. The number of allylic oxidation sites excluding steroid dienone is 1. The van der Waals surface area contributed by atoms with E-state index in [0.717, 1.165) is 5.56 Å². The first-order valence-corrected chi connectivity index (χ1v) is 9.48. The zero-order valence-electron chi connectivity index (χ0n) is 15.2. The first-order chi connectivity index (χ1) is 13.9. The summed E-state index contributed by atoms with van der Waals surface area (Å²) in [7, 11) is 0. The Labute approximate surface area is 177 Å². The van der Waals surface area contributed by atoms with Crippen LogP contribution < -0.4 is 9.47 Å². The number of fused-ring (bicyclic) bond motifs is 1. The minimum absolute atomic E-state index is 0.201. The Hall–Kier alpha value is -3.08. The van der Waals surface area contributed by atoms with Crippen molar-refractivity contribution in [3.63, 3.8) is 0 Å². The largest absolute Gasteiger partial charge is 0.452 e. The van der Waals surface area contributed by atoms with Gasteiger partial charge in [-0.15, -0.1) is 0 Å². The second-order valence-electron chi connectivity index (χ2n) is 6.50. The van der Waals surface area contributed by atoms with Crippen LogP contribution in [-0.2, 0) is 0 Å². The summed E-state index contributed by atoms with van der Waals surface area (Å²) in [5.74, 6) is 0.104. The third kappa shape index (κ3) is 4.04. The molecule has 1 aliphatic rings. The molecule has 4 rings (SSSR count). The molecule has 3 aromatic carbocycles. The smallest absolute Gasteiger partial charge is 0.343 e. The van der Waals surface area contributed by atoms with Crippen LogP contribution in [0.15, 0.2) is 66.4 Å². The molecular weight excluding hydrogens is 411 g/mol. The van der Waals surface area contributed by atoms with Crippen LogP contribution in [0.3, 0.4) is 0 Å². The highest BCUT2D eigenvalue weighted by atomic mass is 35.5. The lowest BCUT2D eigenvalue weighted by Gasteiger charge is -2.08. The van der Waals surface area contributed by atoms with Gasteiger partial charge in [0.1, 0.15) is 11.5 Å². The lowest BCUT2D eigenvalue weighted by molar-refractivity contribution is 0.0734. The summed E-state index contributed by atoms with van der Waals surface area (Å²) in [4.78, 5) is 25.1. The number of hydrogen-bond donors (Lipinski definition) is 0. The normalized spacial score (nSPS) is 13.9. The monoisotopic (exact) mass is 424 g/mol. The van der Waals surface area contributed by atoms with Crippen molar-refractivity contribution in [2.45, 2.75) is 6.92 Å². The first kappa shape index (κ1) is 19.2. The lowest BCUT2D eigenvalue weighted by atomic mass is 10.0. The highest BCUT2D eigenvalue weighted by molar-refractivity contribution is 6.31. The molecule has 144 valence electrons. The fraction of sp³-hybridized carbons (Fsp3) is 0.0435. The lowest BCUT2D eigenvalue weighted by Crippen LogP contribution is -2.08. The molecule has 0 saturated carbocycles. The van der Waals surface area contributed by atoms with E-state index in [0.29, 0.717) is 38.2 Å². The van der Waals surface area contributed by atoms with Crippen LogP contribution in [0.4, 0.5) is 0 Å². The summed E-state index contributed by atoms with van der Waals surface area (Å²) < 4.78 is 11.2. The molecule has 0 bridgehead atoms. The third-order valence-corrected chi connectivity index (χ3v) is 4.91. The number of hydrogen-bond acceptors (Lipinski definition) is 4. The van der Waals surface area contributed by atoms with Crippen LogP contribution in [0.2, 0.25) is 10.0 Å². The van der Waals surface area contributed by atoms with Gasteiger partial charge >= 0.3 is 5.97 Å². The van der Waals surface area contributed by atoms with Gasteiger partial charge in [-0.2, -0.15) is 0 Å². The average molecular weight is 425 g/mol. The minimum Gasteiger partial charge on any atom is -0.452 e. The average Bonchev–Trinajstić information content (AvgIpc) is 3.00. The maximum absolute atomic E-state index is 12.7. The number of ether oxygens (including phenoxy) is 2. The van der Waals surface area contributed by atoms with Gasteiger partial charge in [0.15, 0.2) is 5.76 Å². The number of carbonyl (C=O) groups excluding carboxylic acids is 2. The number of esters is 1. The number of halogens is 2. The molecular formula is C23H14Cl2O4. The summed E-state index contributed by atoms with van der Waals surface area (Å²) >= 11 is 11.7. The van der Waals surface area contributed by atoms with Gasteiger partial charge in [-0.25, -0.2) is 4.79 Å². The Bertz CT molecular complexity index is 1150. The standard InChI is InChI=1S/C23H14Cl2O4/c1-13-10-18(28-23(27)15-4-8-17(25)9-5-15)12-19-21(13)22(26)20(29-19)11-14-2-6-16(24)7-3-14/h2-12H,1H3/b20-11-. The quantitative estimate of drug-likeness (QED) is 0.288. The van der Waals surface area contributed by atoms with E-state index in [-0.39, 0.29) is 11.5 Å². The van der Waals surface area contributed by atoms with Crippen molar-refractivity contribution in [3.8, 4) is 11.5 Å². The third-order valence-electron chi connectivity index (χ3n) is 4.40. The van der Waals surface area contributed by atoms with Crippen LogP contribution in [0.5, 0.6) is 11.5 Å². The van der Waals surface area contributed by atoms with E-state index in [4.69, 9.17) is 32.7 Å². The summed E-state index contributed by atoms with van der Waals surface area (Å²) in [5, 5.41) is 1.14. The summed E-state index contributed by atoms with van der Waals surface area (Å²) in [6.45, 7) is 1.77. The molecule has 0 spiro atoms. The number of carbonyl (C=O) groups is 2. The van der Waals surface area contributed by atoms with Gasteiger partial charge in [0.2, 0.25) is 5.78 Å². The van der Waals surface area contributed by atoms with Gasteiger partial charge in [0.05, 0.1) is 11.1 Å². The van der Waals surface area contributed by atoms with Crippen LogP contribution in [-0.4, -0.2) is 11.8 Å². The number of ketones is 1. The van der Waals surface area contributed by atoms with Crippen LogP contribution >= 0.6 is 23.2 Å². The molecule has 0 aromatic heterocycles. The van der Waals surface area contributed by atoms with Gasteiger partial charge in [-0.1, -0.05) is 35.3 Å². The fourth-order valence-electron chi connectivity index (χ4n) is 3.00. The summed E-state index contributed by atoms with van der Waals surface area (Å²) in [6.07, 6.45) is 1.65. The van der Waals surface area contributed by atoms with Crippen molar-refractivity contribution >= 4 is 41.0 Å². The van der Waals surface area contributed by atoms with Crippen molar-refractivity contribution < 1.29 is 19.1 Å². The van der Waals surface area contributed by atoms with E-state index in [9.17, 15) is 9.59 Å². The van der Waals surface area contributed by atoms with Gasteiger partial charge in [-0.05, 0) is 66.6 Å². The highest BCUT2D eigenvalue weighted by Gasteiger charge is 2.30. The predicted octanol–water partition coefficient (Wildman–Crippen LogP) is 6.14. The Morgan fingerprint density at radius 1 is 0.966 bits per heavy atom. The van der Waals surface area contributed by atoms with Gasteiger partial charge in [-0.3, -0.25) is 4.79 Å². The number of aryl methyl sites for hydroxylation is 1. The van der Waals surface area contributed by atoms with Crippen LogP contribution in [0.25, 0.3) is 6.08 Å². The van der Waals surface area contributed by atoms with Gasteiger partial charge < -0.3 is 9.47 Å². The molecule has 3 aromatic rings. The Morgan fingerprint density at radius 2 is 1.59 bits per heavy atom. The Kier molecular flexibility index (Phi) is 5.14. The second-order valence-corrected chi connectivity index (χ2v) is 7.37. The SMILES string of the molecule is Cc1cc(OC(=O)c2ccc(Cl)cc2)cc2c1C(=O)/C(=C/c1ccc(Cl)cc1)O2. The van der Waals surface area contributed by atoms with Crippen molar-refractivity contribution in [1.29, 1.82) is 0 Å². The molecule has 4 nitrogen and oxygen atoms in total. The van der Waals surface area contributed by atoms with Crippen molar-refractivity contribution in [2.75, 3.05) is 0 Å². The molecule has 0 atom stereocenters. The first-order valence-electron chi connectivity index (χ1n) is 8.73. The maximum Gasteiger partial charge on any atom is 0.343 e. The van der Waals surface area contributed by atoms with E-state index >= 15 is 0 Å². The Balaban J connectivity index is 1.59. The molecule has 29 heavy (non-hydrogen) atoms. The minimum atomic E-state index is -0.526. The number of Topliss-reactive ketones (excluding diaryl/α,β-unsaturated/α-hetero) is 1. The molecule has 0 radical (unpaired) electrons. The van der Waals surface area contributed by atoms with Gasteiger partial charge in [0.25, 0.3) is 0 Å². The summed E-state index contributed by atoms with van der Waals surface area (Å²) in [5.41, 5.74) is 2.27. The molecule has 6 heteroatoms. The van der Waals surface area contributed by atoms with E-state index in [1.165, 1.54) is 6.07 Å². The topological polar surface area (TPSA) is 52.6 Å². The zero-order valence-corrected chi connectivity index (χ0v) is 16.8. The van der Waals surface area contributed by atoms with E-state index in [1.807, 2.05) is 0 Å². The molecule has 1 aliphatic heterocycles. The second kappa shape index (κ2) is 7.74. The van der Waals surface area contributed by atoms with Crippen molar-refractivity contribution in [2.24, 2.45) is 0 Å². The van der Waals surface area contributed by atoms with Crippen molar-refractivity contribution in [1.82, 2.24) is 0 Å². The molecule has 0 saturated heterocycles. The van der Waals surface area contributed by atoms with E-state index in [1.54, 1.807) is 67.6 Å². The van der Waals surface area contributed by atoms with Crippen LogP contribution in [0.1, 0.15) is 31.8 Å². The molecule has 1 heterocycles. The fourth-order valence-corrected chi connectivity index (χ4v) is 3.25.